The second-order valence-electron chi connectivity index (χ2n) is 4.35. The molecular weight excluding hydrogens is 326 g/mol. The molecule has 2 aromatic rings. The van der Waals surface area contributed by atoms with Crippen LogP contribution in [0.3, 0.4) is 0 Å². The van der Waals surface area contributed by atoms with Gasteiger partial charge in [-0.3, -0.25) is 0 Å². The van der Waals surface area contributed by atoms with Crippen LogP contribution < -0.4 is 5.46 Å². The lowest BCUT2D eigenvalue weighted by Crippen LogP contribution is -2.30. The normalized spacial score (nSPS) is 10.6. The predicted octanol–water partition coefficient (Wildman–Crippen LogP) is 1.98. The van der Waals surface area contributed by atoms with Crippen LogP contribution in [0, 0.1) is 5.82 Å². The van der Waals surface area contributed by atoms with Gasteiger partial charge in [0.25, 0.3) is 0 Å². The summed E-state index contributed by atoms with van der Waals surface area (Å²) in [7, 11) is -1.69. The van der Waals surface area contributed by atoms with Gasteiger partial charge in [-0.2, -0.15) is 0 Å². The summed E-state index contributed by atoms with van der Waals surface area (Å²) in [6.07, 6.45) is 0. The van der Waals surface area contributed by atoms with Crippen molar-refractivity contribution in [2.45, 2.75) is 13.2 Å². The third-order valence-electron chi connectivity index (χ3n) is 2.76. The van der Waals surface area contributed by atoms with E-state index in [0.717, 1.165) is 16.1 Å². The smallest absolute Gasteiger partial charge is 0.423 e. The van der Waals surface area contributed by atoms with Gasteiger partial charge in [0.05, 0.1) is 13.2 Å². The van der Waals surface area contributed by atoms with Crippen LogP contribution in [0.4, 0.5) is 4.39 Å². The van der Waals surface area contributed by atoms with Gasteiger partial charge in [0, 0.05) is 4.47 Å². The first-order chi connectivity index (χ1) is 9.56. The predicted molar refractivity (Wildman–Crippen MR) is 78.9 cm³/mol. The van der Waals surface area contributed by atoms with Crippen LogP contribution in [-0.4, -0.2) is 17.2 Å². The zero-order chi connectivity index (χ0) is 14.5. The van der Waals surface area contributed by atoms with Crippen LogP contribution >= 0.6 is 15.9 Å². The van der Waals surface area contributed by atoms with Gasteiger partial charge in [-0.25, -0.2) is 4.39 Å². The average Bonchev–Trinajstić information content (AvgIpc) is 2.40. The van der Waals surface area contributed by atoms with Crippen LogP contribution in [0.1, 0.15) is 11.1 Å². The van der Waals surface area contributed by atoms with Crippen molar-refractivity contribution >= 4 is 28.5 Å². The summed E-state index contributed by atoms with van der Waals surface area (Å²) in [6.45, 7) is 0.577. The molecule has 2 rings (SSSR count). The number of benzene rings is 2. The Morgan fingerprint density at radius 1 is 1.10 bits per heavy atom. The summed E-state index contributed by atoms with van der Waals surface area (Å²) < 4.78 is 19.8. The maximum absolute atomic E-state index is 13.3. The average molecular weight is 339 g/mol. The van der Waals surface area contributed by atoms with Crippen molar-refractivity contribution < 1.29 is 19.2 Å². The van der Waals surface area contributed by atoms with E-state index in [1.54, 1.807) is 0 Å². The Morgan fingerprint density at radius 2 is 1.85 bits per heavy atom. The van der Waals surface area contributed by atoms with E-state index in [1.165, 1.54) is 12.1 Å². The lowest BCUT2D eigenvalue weighted by atomic mass is 9.79. The standard InChI is InChI=1S/C14H13BBrFO3/c16-14-4-2-1-3-11(14)9-20-8-10-5-12(15(18)19)7-13(17)6-10/h1-7,18-19H,8-9H2. The van der Waals surface area contributed by atoms with Gasteiger partial charge in [0.2, 0.25) is 0 Å². The van der Waals surface area contributed by atoms with Gasteiger partial charge >= 0.3 is 7.12 Å². The molecule has 0 bridgehead atoms. The Balaban J connectivity index is 1.99. The lowest BCUT2D eigenvalue weighted by Gasteiger charge is -2.08. The molecule has 6 heteroatoms. The molecule has 0 saturated heterocycles. The molecule has 104 valence electrons. The number of ether oxygens (including phenoxy) is 1. The van der Waals surface area contributed by atoms with E-state index < -0.39 is 12.9 Å². The molecule has 0 radical (unpaired) electrons. The topological polar surface area (TPSA) is 49.7 Å². The van der Waals surface area contributed by atoms with Gasteiger partial charge < -0.3 is 14.8 Å². The third-order valence-corrected chi connectivity index (χ3v) is 3.54. The van der Waals surface area contributed by atoms with E-state index in [0.29, 0.717) is 12.2 Å². The Hall–Kier alpha value is -1.21. The summed E-state index contributed by atoms with van der Waals surface area (Å²) in [5, 5.41) is 18.1. The molecule has 0 aliphatic rings. The molecule has 20 heavy (non-hydrogen) atoms. The molecule has 0 unspecified atom stereocenters. The van der Waals surface area contributed by atoms with Crippen LogP contribution in [-0.2, 0) is 18.0 Å². The molecule has 0 amide bonds. The highest BCUT2D eigenvalue weighted by atomic mass is 79.9. The molecule has 0 aromatic heterocycles. The van der Waals surface area contributed by atoms with Crippen molar-refractivity contribution in [3.8, 4) is 0 Å². The first kappa shape index (κ1) is 15.2. The third kappa shape index (κ3) is 4.14. The Kier molecular flexibility index (Phi) is 5.31. The van der Waals surface area contributed by atoms with Gasteiger partial charge in [0.15, 0.2) is 0 Å². The van der Waals surface area contributed by atoms with Crippen molar-refractivity contribution in [1.29, 1.82) is 0 Å². The van der Waals surface area contributed by atoms with E-state index in [4.69, 9.17) is 14.8 Å². The van der Waals surface area contributed by atoms with Gasteiger partial charge in [-0.15, -0.1) is 0 Å². The van der Waals surface area contributed by atoms with E-state index in [2.05, 4.69) is 15.9 Å². The van der Waals surface area contributed by atoms with Crippen molar-refractivity contribution in [1.82, 2.24) is 0 Å². The summed E-state index contributed by atoms with van der Waals surface area (Å²) in [4.78, 5) is 0. The molecule has 0 fully saturated rings. The summed E-state index contributed by atoms with van der Waals surface area (Å²) in [5.74, 6) is -0.518. The van der Waals surface area contributed by atoms with Gasteiger partial charge in [0.1, 0.15) is 5.82 Å². The highest BCUT2D eigenvalue weighted by Gasteiger charge is 2.13. The number of rotatable bonds is 5. The largest absolute Gasteiger partial charge is 0.488 e. The van der Waals surface area contributed by atoms with E-state index in [9.17, 15) is 4.39 Å². The SMILES string of the molecule is OB(O)c1cc(F)cc(COCc2ccccc2Br)c1. The zero-order valence-electron chi connectivity index (χ0n) is 10.6. The van der Waals surface area contributed by atoms with Crippen molar-refractivity contribution in [3.05, 3.63) is 63.9 Å². The highest BCUT2D eigenvalue weighted by Crippen LogP contribution is 2.17. The van der Waals surface area contributed by atoms with E-state index in [-0.39, 0.29) is 12.1 Å². The first-order valence-electron chi connectivity index (χ1n) is 6.03. The molecule has 0 aliphatic heterocycles. The molecule has 3 nitrogen and oxygen atoms in total. The van der Waals surface area contributed by atoms with E-state index in [1.807, 2.05) is 24.3 Å². The Morgan fingerprint density at radius 3 is 2.55 bits per heavy atom. The molecule has 0 atom stereocenters. The van der Waals surface area contributed by atoms with Crippen LogP contribution in [0.25, 0.3) is 0 Å². The molecule has 0 saturated carbocycles. The Bertz CT molecular complexity index is 592. The van der Waals surface area contributed by atoms with Crippen molar-refractivity contribution in [2.24, 2.45) is 0 Å². The first-order valence-corrected chi connectivity index (χ1v) is 6.82. The molecule has 2 N–H and O–H groups in total. The fourth-order valence-electron chi connectivity index (χ4n) is 1.80. The number of halogens is 2. The number of hydrogen-bond acceptors (Lipinski definition) is 3. The maximum Gasteiger partial charge on any atom is 0.488 e. The fourth-order valence-corrected chi connectivity index (χ4v) is 2.20. The molecule has 2 aromatic carbocycles. The quantitative estimate of drug-likeness (QED) is 0.820. The monoisotopic (exact) mass is 338 g/mol. The number of hydrogen-bond donors (Lipinski definition) is 2. The van der Waals surface area contributed by atoms with Crippen molar-refractivity contribution in [2.75, 3.05) is 0 Å². The molecular formula is C14H13BBrFO3. The highest BCUT2D eigenvalue weighted by molar-refractivity contribution is 9.10. The minimum atomic E-state index is -1.69. The van der Waals surface area contributed by atoms with Crippen LogP contribution in [0.5, 0.6) is 0 Å². The molecule has 0 spiro atoms. The molecule has 0 heterocycles. The lowest BCUT2D eigenvalue weighted by molar-refractivity contribution is 0.106. The summed E-state index contributed by atoms with van der Waals surface area (Å²) >= 11 is 3.42. The summed E-state index contributed by atoms with van der Waals surface area (Å²) in [6, 6.07) is 11.6. The maximum atomic E-state index is 13.3. The van der Waals surface area contributed by atoms with E-state index >= 15 is 0 Å². The minimum absolute atomic E-state index is 0.115. The van der Waals surface area contributed by atoms with Gasteiger partial charge in [-0.05, 0) is 34.8 Å². The minimum Gasteiger partial charge on any atom is -0.423 e. The van der Waals surface area contributed by atoms with Gasteiger partial charge in [-0.1, -0.05) is 40.2 Å². The van der Waals surface area contributed by atoms with Crippen LogP contribution in [0.2, 0.25) is 0 Å². The second-order valence-corrected chi connectivity index (χ2v) is 5.21. The van der Waals surface area contributed by atoms with Crippen molar-refractivity contribution in [3.63, 3.8) is 0 Å². The molecule has 0 aliphatic carbocycles. The Labute approximate surface area is 125 Å². The fraction of sp³-hybridized carbons (Fsp3) is 0.143. The second kappa shape index (κ2) is 6.99. The zero-order valence-corrected chi connectivity index (χ0v) is 12.2. The summed E-state index contributed by atoms with van der Waals surface area (Å²) in [5.41, 5.74) is 1.66. The van der Waals surface area contributed by atoms with Crippen LogP contribution in [0.15, 0.2) is 46.9 Å².